The van der Waals surface area contributed by atoms with Crippen molar-refractivity contribution in [3.05, 3.63) is 54.7 Å². The van der Waals surface area contributed by atoms with Gasteiger partial charge in [-0.1, -0.05) is 37.1 Å². The maximum absolute atomic E-state index is 3.89. The van der Waals surface area contributed by atoms with E-state index in [1.54, 1.807) is 0 Å². The average Bonchev–Trinajstić information content (AvgIpc) is 2.87. The largest absolute Gasteiger partial charge is 0.253 e. The minimum absolute atomic E-state index is 0.743. The molecule has 0 saturated heterocycles. The third-order valence-electron chi connectivity index (χ3n) is 6.21. The zero-order valence-electron chi connectivity index (χ0n) is 19.2. The Bertz CT molecular complexity index is 581. The van der Waals surface area contributed by atoms with Crippen molar-refractivity contribution in [2.24, 2.45) is 13.0 Å². The third-order valence-corrected chi connectivity index (χ3v) is 6.21. The number of rotatable bonds is 16. The number of imidazole rings is 1. The Hall–Kier alpha value is -1.57. The van der Waals surface area contributed by atoms with E-state index in [9.17, 15) is 0 Å². The van der Waals surface area contributed by atoms with Gasteiger partial charge in [0.15, 0.2) is 0 Å². The first-order chi connectivity index (χ1) is 13.5. The fourth-order valence-corrected chi connectivity index (χ4v) is 3.98. The second-order valence-electron chi connectivity index (χ2n) is 8.30. The lowest BCUT2D eigenvalue weighted by Crippen LogP contribution is -2.33. The van der Waals surface area contributed by atoms with Crippen molar-refractivity contribution in [2.75, 3.05) is 0 Å². The predicted octanol–water partition coefficient (Wildman–Crippen LogP) is 7.07. The number of unbranched alkanes of at least 4 members (excludes halogenated alkanes) is 6. The van der Waals surface area contributed by atoms with Crippen molar-refractivity contribution < 1.29 is 4.57 Å². The molecular formula is C26H45N2+. The number of hydrogen-bond donors (Lipinski definition) is 0. The van der Waals surface area contributed by atoms with Gasteiger partial charge in [0, 0.05) is 20.8 Å². The lowest BCUT2D eigenvalue weighted by atomic mass is 9.96. The minimum Gasteiger partial charge on any atom is -0.234 e. The van der Waals surface area contributed by atoms with Crippen LogP contribution in [0.2, 0.25) is 0 Å². The fourth-order valence-electron chi connectivity index (χ4n) is 3.98. The molecule has 0 radical (unpaired) electrons. The van der Waals surface area contributed by atoms with Crippen LogP contribution in [0.4, 0.5) is 0 Å². The van der Waals surface area contributed by atoms with Crippen molar-refractivity contribution in [1.29, 1.82) is 0 Å². The van der Waals surface area contributed by atoms with E-state index in [0.717, 1.165) is 18.9 Å². The van der Waals surface area contributed by atoms with E-state index >= 15 is 0 Å². The van der Waals surface area contributed by atoms with Crippen LogP contribution >= 0.6 is 0 Å². The van der Waals surface area contributed by atoms with E-state index in [1.807, 2.05) is 6.08 Å². The van der Waals surface area contributed by atoms with Gasteiger partial charge in [0.25, 0.3) is 5.82 Å². The molecule has 158 valence electrons. The molecular weight excluding hydrogens is 340 g/mol. The second-order valence-corrected chi connectivity index (χ2v) is 8.30. The van der Waals surface area contributed by atoms with Gasteiger partial charge in [-0.3, -0.25) is 0 Å². The Morgan fingerprint density at radius 1 is 0.821 bits per heavy atom. The van der Waals surface area contributed by atoms with Crippen LogP contribution in [0.3, 0.4) is 0 Å². The molecule has 1 rings (SSSR count). The Morgan fingerprint density at radius 2 is 1.43 bits per heavy atom. The third kappa shape index (κ3) is 8.63. The summed E-state index contributed by atoms with van der Waals surface area (Å²) in [5, 5.41) is 0. The summed E-state index contributed by atoms with van der Waals surface area (Å²) in [6.07, 6.45) is 22.8. The van der Waals surface area contributed by atoms with E-state index in [2.05, 4.69) is 68.3 Å². The zero-order chi connectivity index (χ0) is 20.8. The number of nitrogens with zero attached hydrogens (tertiary/aromatic N) is 2. The van der Waals surface area contributed by atoms with Gasteiger partial charge in [0.05, 0.1) is 13.6 Å². The van der Waals surface area contributed by atoms with E-state index in [4.69, 9.17) is 0 Å². The van der Waals surface area contributed by atoms with Gasteiger partial charge >= 0.3 is 0 Å². The van der Waals surface area contributed by atoms with Crippen molar-refractivity contribution >= 4 is 0 Å². The van der Waals surface area contributed by atoms with E-state index in [0.29, 0.717) is 0 Å². The molecule has 0 aromatic carbocycles. The smallest absolute Gasteiger partial charge is 0.234 e. The monoisotopic (exact) mass is 385 g/mol. The summed E-state index contributed by atoms with van der Waals surface area (Å²) >= 11 is 0. The highest BCUT2D eigenvalue weighted by molar-refractivity contribution is 5.06. The standard InChI is InChI=1S/C26H45N2/c1-7-9-11-12-13-14-15-16-17-19-21-26(20-18-10-8-2)22-28-24(4)23(3)27(6)25(28)5/h7-8,16-17,26H,1-2,9-15,18-22H2,3-6H3/q+1/b17-16+. The molecule has 1 atom stereocenters. The molecule has 2 nitrogen and oxygen atoms in total. The number of hydrogen-bond acceptors (Lipinski definition) is 0. The van der Waals surface area contributed by atoms with Crippen LogP contribution in [0, 0.1) is 26.7 Å². The van der Waals surface area contributed by atoms with Crippen molar-refractivity contribution in [3.8, 4) is 0 Å². The summed E-state index contributed by atoms with van der Waals surface area (Å²) < 4.78 is 4.85. The van der Waals surface area contributed by atoms with Crippen LogP contribution in [-0.4, -0.2) is 4.57 Å². The van der Waals surface area contributed by atoms with Gasteiger partial charge in [0.1, 0.15) is 11.4 Å². The van der Waals surface area contributed by atoms with Crippen LogP contribution in [0.25, 0.3) is 0 Å². The first-order valence-corrected chi connectivity index (χ1v) is 11.4. The van der Waals surface area contributed by atoms with Crippen molar-refractivity contribution in [2.45, 2.75) is 97.9 Å². The van der Waals surface area contributed by atoms with Crippen LogP contribution in [0.5, 0.6) is 0 Å². The molecule has 0 fully saturated rings. The normalized spacial score (nSPS) is 12.6. The second kappa shape index (κ2) is 14.4. The summed E-state index contributed by atoms with van der Waals surface area (Å²) in [4.78, 5) is 0. The molecule has 1 heterocycles. The predicted molar refractivity (Wildman–Crippen MR) is 124 cm³/mol. The van der Waals surface area contributed by atoms with Crippen LogP contribution in [-0.2, 0) is 13.6 Å². The fraction of sp³-hybridized carbons (Fsp3) is 0.654. The average molecular weight is 386 g/mol. The van der Waals surface area contributed by atoms with E-state index in [-0.39, 0.29) is 0 Å². The minimum atomic E-state index is 0.743. The Kier molecular flexibility index (Phi) is 12.6. The van der Waals surface area contributed by atoms with Gasteiger partial charge < -0.3 is 0 Å². The quantitative estimate of drug-likeness (QED) is 0.163. The summed E-state index contributed by atoms with van der Waals surface area (Å²) in [6, 6.07) is 0. The summed E-state index contributed by atoms with van der Waals surface area (Å²) in [5.74, 6) is 2.11. The van der Waals surface area contributed by atoms with Gasteiger partial charge in [0.2, 0.25) is 0 Å². The zero-order valence-corrected chi connectivity index (χ0v) is 19.2. The van der Waals surface area contributed by atoms with Gasteiger partial charge in [-0.15, -0.1) is 13.2 Å². The molecule has 0 aliphatic heterocycles. The topological polar surface area (TPSA) is 8.81 Å². The highest BCUT2D eigenvalue weighted by Crippen LogP contribution is 2.21. The lowest BCUT2D eigenvalue weighted by molar-refractivity contribution is -0.683. The summed E-state index contributed by atoms with van der Waals surface area (Å²) in [5.41, 5.74) is 2.80. The molecule has 0 N–H and O–H groups in total. The summed E-state index contributed by atoms with van der Waals surface area (Å²) in [6.45, 7) is 15.6. The van der Waals surface area contributed by atoms with Crippen LogP contribution < -0.4 is 4.57 Å². The highest BCUT2D eigenvalue weighted by Gasteiger charge is 2.22. The molecule has 1 unspecified atom stereocenters. The van der Waals surface area contributed by atoms with Crippen LogP contribution in [0.1, 0.15) is 87.8 Å². The first-order valence-electron chi connectivity index (χ1n) is 11.4. The Balaban J connectivity index is 2.45. The van der Waals surface area contributed by atoms with E-state index < -0.39 is 0 Å². The molecule has 0 saturated carbocycles. The molecule has 0 amide bonds. The maximum Gasteiger partial charge on any atom is 0.253 e. The number of aromatic nitrogens is 2. The Morgan fingerprint density at radius 3 is 2.04 bits per heavy atom. The molecule has 0 spiro atoms. The molecule has 0 aliphatic carbocycles. The van der Waals surface area contributed by atoms with Gasteiger partial charge in [-0.25, -0.2) is 9.13 Å². The van der Waals surface area contributed by atoms with Gasteiger partial charge in [-0.2, -0.15) is 0 Å². The molecule has 28 heavy (non-hydrogen) atoms. The number of allylic oxidation sites excluding steroid dienone is 4. The van der Waals surface area contributed by atoms with E-state index in [1.165, 1.54) is 81.4 Å². The molecule has 1 aromatic rings. The van der Waals surface area contributed by atoms with Gasteiger partial charge in [-0.05, 0) is 63.7 Å². The van der Waals surface area contributed by atoms with Crippen molar-refractivity contribution in [1.82, 2.24) is 4.57 Å². The SMILES string of the molecule is C=CCCCCCC/C=C/CCC(CCCC=C)Cn1c(C)c(C)[n+](C)c1C. The lowest BCUT2D eigenvalue weighted by Gasteiger charge is -2.15. The first kappa shape index (κ1) is 24.5. The van der Waals surface area contributed by atoms with Crippen molar-refractivity contribution in [3.63, 3.8) is 0 Å². The Labute approximate surface area is 175 Å². The highest BCUT2D eigenvalue weighted by atomic mass is 15.2. The van der Waals surface area contributed by atoms with Crippen LogP contribution in [0.15, 0.2) is 37.5 Å². The maximum atomic E-state index is 3.89. The summed E-state index contributed by atoms with van der Waals surface area (Å²) in [7, 11) is 2.18. The molecule has 0 bridgehead atoms. The molecule has 0 aliphatic rings. The molecule has 1 aromatic heterocycles. The molecule has 2 heteroatoms.